The predicted octanol–water partition coefficient (Wildman–Crippen LogP) is 1.90. The van der Waals surface area contributed by atoms with Gasteiger partial charge in [0.1, 0.15) is 11.5 Å². The van der Waals surface area contributed by atoms with Crippen LogP contribution in [0.5, 0.6) is 0 Å². The highest BCUT2D eigenvalue weighted by Crippen LogP contribution is 2.26. The predicted molar refractivity (Wildman–Crippen MR) is 72.3 cm³/mol. The van der Waals surface area contributed by atoms with Crippen LogP contribution in [0.15, 0.2) is 12.1 Å². The Kier molecular flexibility index (Phi) is 4.31. The van der Waals surface area contributed by atoms with Crippen LogP contribution in [-0.4, -0.2) is 34.7 Å². The van der Waals surface area contributed by atoms with Crippen molar-refractivity contribution in [1.82, 2.24) is 4.98 Å². The van der Waals surface area contributed by atoms with Gasteiger partial charge >= 0.3 is 0 Å². The Morgan fingerprint density at radius 1 is 1.58 bits per heavy atom. The van der Waals surface area contributed by atoms with Crippen LogP contribution >= 0.6 is 0 Å². The molecule has 0 amide bonds. The summed E-state index contributed by atoms with van der Waals surface area (Å²) in [5, 5.41) is 19.8. The van der Waals surface area contributed by atoms with E-state index in [1.807, 2.05) is 0 Å². The van der Waals surface area contributed by atoms with E-state index >= 15 is 0 Å². The van der Waals surface area contributed by atoms with Crippen LogP contribution in [0.3, 0.4) is 0 Å². The number of hydrogen-bond acceptors (Lipinski definition) is 5. The molecule has 1 saturated heterocycles. The van der Waals surface area contributed by atoms with E-state index in [2.05, 4.69) is 9.88 Å². The van der Waals surface area contributed by atoms with Crippen molar-refractivity contribution in [2.45, 2.75) is 26.2 Å². The highest BCUT2D eigenvalue weighted by molar-refractivity contribution is 5.47. The second kappa shape index (κ2) is 5.97. The molecule has 0 aromatic carbocycles. The van der Waals surface area contributed by atoms with Crippen LogP contribution in [0.1, 0.15) is 25.0 Å². The summed E-state index contributed by atoms with van der Waals surface area (Å²) in [6.45, 7) is 3.67. The fourth-order valence-corrected chi connectivity index (χ4v) is 2.60. The Morgan fingerprint density at radius 2 is 2.37 bits per heavy atom. The highest BCUT2D eigenvalue weighted by atomic mass is 16.6. The molecule has 0 radical (unpaired) electrons. The van der Waals surface area contributed by atoms with Gasteiger partial charge in [-0.25, -0.2) is 4.98 Å². The summed E-state index contributed by atoms with van der Waals surface area (Å²) >= 11 is 0. The maximum atomic E-state index is 10.8. The first-order valence-corrected chi connectivity index (χ1v) is 6.59. The minimum Gasteiger partial charge on any atom is -0.396 e. The van der Waals surface area contributed by atoms with Crippen LogP contribution in [0, 0.1) is 23.0 Å². The van der Waals surface area contributed by atoms with Crippen LogP contribution in [0.4, 0.5) is 11.5 Å². The maximum absolute atomic E-state index is 10.8. The number of rotatable bonds is 4. The molecule has 0 aliphatic carbocycles. The molecule has 104 valence electrons. The molecule has 2 rings (SSSR count). The number of aliphatic hydroxyl groups is 1. The Bertz CT molecular complexity index is 462. The average molecular weight is 265 g/mol. The fourth-order valence-electron chi connectivity index (χ4n) is 2.60. The van der Waals surface area contributed by atoms with Crippen LogP contribution in [0.25, 0.3) is 0 Å². The van der Waals surface area contributed by atoms with Crippen LogP contribution < -0.4 is 4.90 Å². The van der Waals surface area contributed by atoms with Crippen molar-refractivity contribution in [2.75, 3.05) is 24.6 Å². The number of nitro groups is 1. The van der Waals surface area contributed by atoms with E-state index in [0.717, 1.165) is 38.2 Å². The van der Waals surface area contributed by atoms with Crippen molar-refractivity contribution >= 4 is 11.5 Å². The molecule has 1 aromatic heterocycles. The molecule has 0 spiro atoms. The molecular formula is C13H19N3O3. The number of hydrogen-bond donors (Lipinski definition) is 1. The van der Waals surface area contributed by atoms with Gasteiger partial charge in [-0.1, -0.05) is 0 Å². The molecule has 0 saturated carbocycles. The van der Waals surface area contributed by atoms with E-state index in [1.54, 1.807) is 13.0 Å². The lowest BCUT2D eigenvalue weighted by Gasteiger charge is -2.33. The van der Waals surface area contributed by atoms with Crippen molar-refractivity contribution in [1.29, 1.82) is 0 Å². The monoisotopic (exact) mass is 265 g/mol. The molecule has 6 heteroatoms. The maximum Gasteiger partial charge on any atom is 0.290 e. The molecule has 19 heavy (non-hydrogen) atoms. The van der Waals surface area contributed by atoms with Crippen molar-refractivity contribution < 1.29 is 10.0 Å². The smallest absolute Gasteiger partial charge is 0.290 e. The zero-order valence-corrected chi connectivity index (χ0v) is 11.1. The summed E-state index contributed by atoms with van der Waals surface area (Å²) < 4.78 is 0. The molecule has 0 bridgehead atoms. The third-order valence-electron chi connectivity index (χ3n) is 3.62. The van der Waals surface area contributed by atoms with Crippen molar-refractivity contribution in [3.63, 3.8) is 0 Å². The van der Waals surface area contributed by atoms with Gasteiger partial charge in [0.15, 0.2) is 0 Å². The van der Waals surface area contributed by atoms with E-state index in [1.165, 1.54) is 6.07 Å². The molecule has 6 nitrogen and oxygen atoms in total. The number of pyridine rings is 1. The van der Waals surface area contributed by atoms with E-state index in [-0.39, 0.29) is 12.3 Å². The number of aryl methyl sites for hydroxylation is 1. The lowest BCUT2D eigenvalue weighted by molar-refractivity contribution is -0.385. The standard InChI is InChI=1S/C13H19N3O3/c1-10-12(16(18)19)4-5-13(14-10)15-7-2-3-11(9-15)6-8-17/h4-5,11,17H,2-3,6-9H2,1H3. The summed E-state index contributed by atoms with van der Waals surface area (Å²) in [6.07, 6.45) is 3.01. The topological polar surface area (TPSA) is 79.5 Å². The van der Waals surface area contributed by atoms with Gasteiger partial charge in [0.2, 0.25) is 0 Å². The van der Waals surface area contributed by atoms with Gasteiger partial charge in [-0.05, 0) is 38.2 Å². The molecule has 1 atom stereocenters. The Labute approximate surface area is 112 Å². The van der Waals surface area contributed by atoms with E-state index in [9.17, 15) is 10.1 Å². The summed E-state index contributed by atoms with van der Waals surface area (Å²) in [6, 6.07) is 3.24. The number of aliphatic hydroxyl groups excluding tert-OH is 1. The van der Waals surface area contributed by atoms with E-state index < -0.39 is 4.92 Å². The molecule has 1 N–H and O–H groups in total. The van der Waals surface area contributed by atoms with Gasteiger partial charge in [-0.3, -0.25) is 10.1 Å². The lowest BCUT2D eigenvalue weighted by atomic mass is 9.95. The zero-order chi connectivity index (χ0) is 13.8. The van der Waals surface area contributed by atoms with E-state index in [4.69, 9.17) is 5.11 Å². The first kappa shape index (κ1) is 13.7. The normalized spacial score (nSPS) is 19.5. The van der Waals surface area contributed by atoms with E-state index in [0.29, 0.717) is 11.6 Å². The molecule has 1 fully saturated rings. The molecule has 1 aliphatic rings. The summed E-state index contributed by atoms with van der Waals surface area (Å²) in [5.74, 6) is 1.28. The van der Waals surface area contributed by atoms with Crippen LogP contribution in [-0.2, 0) is 0 Å². The molecule has 2 heterocycles. The Balaban J connectivity index is 2.13. The van der Waals surface area contributed by atoms with Gasteiger partial charge in [0.05, 0.1) is 4.92 Å². The Morgan fingerprint density at radius 3 is 3.00 bits per heavy atom. The summed E-state index contributed by atoms with van der Waals surface area (Å²) in [4.78, 5) is 16.9. The van der Waals surface area contributed by atoms with Gasteiger partial charge < -0.3 is 10.0 Å². The van der Waals surface area contributed by atoms with Gasteiger partial charge in [-0.15, -0.1) is 0 Å². The number of nitrogens with zero attached hydrogens (tertiary/aromatic N) is 3. The van der Waals surface area contributed by atoms with Gasteiger partial charge in [0, 0.05) is 25.8 Å². The lowest BCUT2D eigenvalue weighted by Crippen LogP contribution is -2.36. The van der Waals surface area contributed by atoms with Gasteiger partial charge in [-0.2, -0.15) is 0 Å². The van der Waals surface area contributed by atoms with Gasteiger partial charge in [0.25, 0.3) is 5.69 Å². The molecule has 1 aromatic rings. The highest BCUT2D eigenvalue weighted by Gasteiger charge is 2.22. The molecule has 1 unspecified atom stereocenters. The number of anilines is 1. The zero-order valence-electron chi connectivity index (χ0n) is 11.1. The molecular weight excluding hydrogens is 246 g/mol. The average Bonchev–Trinajstić information content (AvgIpc) is 2.39. The first-order chi connectivity index (χ1) is 9.11. The number of aromatic nitrogens is 1. The first-order valence-electron chi connectivity index (χ1n) is 6.59. The third-order valence-corrected chi connectivity index (χ3v) is 3.62. The SMILES string of the molecule is Cc1nc(N2CCCC(CCO)C2)ccc1[N+](=O)[O-]. The third kappa shape index (κ3) is 3.20. The minimum absolute atomic E-state index is 0.0627. The Hall–Kier alpha value is -1.69. The van der Waals surface area contributed by atoms with Crippen molar-refractivity contribution in [3.05, 3.63) is 27.9 Å². The summed E-state index contributed by atoms with van der Waals surface area (Å²) in [5.41, 5.74) is 0.513. The van der Waals surface area contributed by atoms with Crippen LogP contribution in [0.2, 0.25) is 0 Å². The minimum atomic E-state index is -0.406. The second-order valence-electron chi connectivity index (χ2n) is 5.00. The van der Waals surface area contributed by atoms with Crippen molar-refractivity contribution in [2.24, 2.45) is 5.92 Å². The quantitative estimate of drug-likeness (QED) is 0.664. The van der Waals surface area contributed by atoms with Crippen molar-refractivity contribution in [3.8, 4) is 0 Å². The summed E-state index contributed by atoms with van der Waals surface area (Å²) in [7, 11) is 0. The largest absolute Gasteiger partial charge is 0.396 e. The fraction of sp³-hybridized carbons (Fsp3) is 0.615. The second-order valence-corrected chi connectivity index (χ2v) is 5.00. The molecule has 1 aliphatic heterocycles. The number of piperidine rings is 1.